The highest BCUT2D eigenvalue weighted by atomic mass is 16.5. The van der Waals surface area contributed by atoms with Crippen LogP contribution in [0.5, 0.6) is 5.75 Å². The molecule has 0 unspecified atom stereocenters. The van der Waals surface area contributed by atoms with Gasteiger partial charge in [0.25, 0.3) is 0 Å². The minimum absolute atomic E-state index is 0.300. The number of ether oxygens (including phenoxy) is 1. The molecule has 2 rings (SSSR count). The average Bonchev–Trinajstić information content (AvgIpc) is 2.27. The van der Waals surface area contributed by atoms with E-state index in [2.05, 4.69) is 0 Å². The molecule has 16 heavy (non-hydrogen) atoms. The summed E-state index contributed by atoms with van der Waals surface area (Å²) >= 11 is 0. The summed E-state index contributed by atoms with van der Waals surface area (Å²) < 4.78 is 5.65. The van der Waals surface area contributed by atoms with Gasteiger partial charge in [-0.15, -0.1) is 0 Å². The van der Waals surface area contributed by atoms with Gasteiger partial charge >= 0.3 is 0 Å². The number of hydrogen-bond acceptors (Lipinski definition) is 3. The molecule has 1 aromatic carbocycles. The first kappa shape index (κ1) is 10.9. The van der Waals surface area contributed by atoms with Crippen LogP contribution in [0.3, 0.4) is 0 Å². The molecule has 3 nitrogen and oxygen atoms in total. The molecule has 1 aromatic rings. The van der Waals surface area contributed by atoms with Crippen LogP contribution in [-0.2, 0) is 0 Å². The van der Waals surface area contributed by atoms with Crippen LogP contribution < -0.4 is 4.74 Å². The van der Waals surface area contributed by atoms with Crippen molar-refractivity contribution in [3.63, 3.8) is 0 Å². The second kappa shape index (κ2) is 4.92. The van der Waals surface area contributed by atoms with Crippen LogP contribution in [0.2, 0.25) is 0 Å². The van der Waals surface area contributed by atoms with Gasteiger partial charge in [-0.05, 0) is 25.0 Å². The quantitative estimate of drug-likeness (QED) is 0.801. The molecule has 3 heteroatoms. The Hall–Kier alpha value is -1.64. The van der Waals surface area contributed by atoms with Gasteiger partial charge in [-0.1, -0.05) is 18.2 Å². The van der Waals surface area contributed by atoms with Crippen molar-refractivity contribution in [1.29, 1.82) is 10.8 Å². The summed E-state index contributed by atoms with van der Waals surface area (Å²) in [5.74, 6) is 1.17. The number of rotatable bonds is 3. The van der Waals surface area contributed by atoms with Gasteiger partial charge in [-0.3, -0.25) is 0 Å². The predicted octanol–water partition coefficient (Wildman–Crippen LogP) is 2.91. The summed E-state index contributed by atoms with van der Waals surface area (Å²) in [6.07, 6.45) is 2.10. The Kier molecular flexibility index (Phi) is 3.34. The van der Waals surface area contributed by atoms with Crippen LogP contribution in [0.1, 0.15) is 19.3 Å². The van der Waals surface area contributed by atoms with Gasteiger partial charge < -0.3 is 15.6 Å². The van der Waals surface area contributed by atoms with Crippen LogP contribution in [0.4, 0.5) is 0 Å². The third-order valence-corrected chi connectivity index (χ3v) is 2.73. The Balaban J connectivity index is 1.86. The van der Waals surface area contributed by atoms with Crippen LogP contribution in [0.25, 0.3) is 0 Å². The molecule has 0 aliphatic heterocycles. The molecule has 0 amide bonds. The molecule has 2 N–H and O–H groups in total. The highest BCUT2D eigenvalue weighted by molar-refractivity contribution is 6.04. The standard InChI is InChI=1S/C13H16N2O/c14-11-6-10(7-12(15)8-11)9-16-13-4-2-1-3-5-13/h1-5,10,14-15H,6-9H2. The monoisotopic (exact) mass is 216 g/mol. The molecule has 1 aliphatic carbocycles. The molecule has 0 spiro atoms. The summed E-state index contributed by atoms with van der Waals surface area (Å²) in [5.41, 5.74) is 1.33. The van der Waals surface area contributed by atoms with Crippen molar-refractivity contribution in [2.24, 2.45) is 5.92 Å². The Morgan fingerprint density at radius 1 is 1.06 bits per heavy atom. The Labute approximate surface area is 95.5 Å². The van der Waals surface area contributed by atoms with Crippen molar-refractivity contribution < 1.29 is 4.74 Å². The molecule has 0 saturated heterocycles. The molecule has 84 valence electrons. The lowest BCUT2D eigenvalue weighted by Gasteiger charge is -2.23. The first-order valence-corrected chi connectivity index (χ1v) is 5.54. The molecule has 1 saturated carbocycles. The predicted molar refractivity (Wildman–Crippen MR) is 64.7 cm³/mol. The van der Waals surface area contributed by atoms with Crippen LogP contribution >= 0.6 is 0 Å². The van der Waals surface area contributed by atoms with E-state index in [0.717, 1.165) is 18.6 Å². The second-order valence-electron chi connectivity index (χ2n) is 4.28. The van der Waals surface area contributed by atoms with Crippen molar-refractivity contribution >= 4 is 11.4 Å². The Morgan fingerprint density at radius 2 is 1.69 bits per heavy atom. The van der Waals surface area contributed by atoms with Crippen LogP contribution in [-0.4, -0.2) is 18.0 Å². The smallest absolute Gasteiger partial charge is 0.119 e. The maximum atomic E-state index is 7.64. The van der Waals surface area contributed by atoms with Crippen molar-refractivity contribution in [2.45, 2.75) is 19.3 Å². The first-order chi connectivity index (χ1) is 7.74. The van der Waals surface area contributed by atoms with Crippen LogP contribution in [0, 0.1) is 16.7 Å². The van der Waals surface area contributed by atoms with Gasteiger partial charge in [0.1, 0.15) is 5.75 Å². The van der Waals surface area contributed by atoms with E-state index in [1.807, 2.05) is 30.3 Å². The summed E-state index contributed by atoms with van der Waals surface area (Å²) in [4.78, 5) is 0. The highest BCUT2D eigenvalue weighted by Crippen LogP contribution is 2.20. The molecule has 1 fully saturated rings. The minimum Gasteiger partial charge on any atom is -0.493 e. The largest absolute Gasteiger partial charge is 0.493 e. The molecule has 0 radical (unpaired) electrons. The SMILES string of the molecule is N=C1CC(=N)CC(COc2ccccc2)C1. The van der Waals surface area contributed by atoms with E-state index < -0.39 is 0 Å². The normalized spacial score (nSPS) is 20.9. The lowest BCUT2D eigenvalue weighted by atomic mass is 9.87. The van der Waals surface area contributed by atoms with Crippen molar-refractivity contribution in [1.82, 2.24) is 0 Å². The van der Waals surface area contributed by atoms with Crippen molar-refractivity contribution in [2.75, 3.05) is 6.61 Å². The number of nitrogens with one attached hydrogen (secondary N) is 2. The summed E-state index contributed by atoms with van der Waals surface area (Å²) in [5, 5.41) is 15.3. The van der Waals surface area contributed by atoms with E-state index in [9.17, 15) is 0 Å². The van der Waals surface area contributed by atoms with Gasteiger partial charge in [0.05, 0.1) is 6.61 Å². The molecular weight excluding hydrogens is 200 g/mol. The summed E-state index contributed by atoms with van der Waals surface area (Å²) in [6, 6.07) is 9.71. The molecular formula is C13H16N2O. The fraction of sp³-hybridized carbons (Fsp3) is 0.385. The van der Waals surface area contributed by atoms with Gasteiger partial charge in [0.15, 0.2) is 0 Å². The maximum absolute atomic E-state index is 7.64. The average molecular weight is 216 g/mol. The van der Waals surface area contributed by atoms with Gasteiger partial charge in [0.2, 0.25) is 0 Å². The molecule has 0 aromatic heterocycles. The van der Waals surface area contributed by atoms with E-state index in [1.54, 1.807) is 0 Å². The fourth-order valence-corrected chi connectivity index (χ4v) is 2.02. The highest BCUT2D eigenvalue weighted by Gasteiger charge is 2.21. The summed E-state index contributed by atoms with van der Waals surface area (Å²) in [6.45, 7) is 0.606. The zero-order valence-corrected chi connectivity index (χ0v) is 9.20. The topological polar surface area (TPSA) is 56.9 Å². The third kappa shape index (κ3) is 2.92. The van der Waals surface area contributed by atoms with Crippen molar-refractivity contribution in [3.8, 4) is 5.75 Å². The van der Waals surface area contributed by atoms with E-state index in [1.165, 1.54) is 0 Å². The number of benzene rings is 1. The minimum atomic E-state index is 0.300. The molecule has 0 heterocycles. The van der Waals surface area contributed by atoms with E-state index in [-0.39, 0.29) is 0 Å². The van der Waals surface area contributed by atoms with Gasteiger partial charge in [0, 0.05) is 23.8 Å². The van der Waals surface area contributed by atoms with Gasteiger partial charge in [-0.2, -0.15) is 0 Å². The zero-order valence-electron chi connectivity index (χ0n) is 9.20. The third-order valence-electron chi connectivity index (χ3n) is 2.73. The Morgan fingerprint density at radius 3 is 2.31 bits per heavy atom. The number of hydrogen-bond donors (Lipinski definition) is 2. The molecule has 0 bridgehead atoms. The lowest BCUT2D eigenvalue weighted by Crippen LogP contribution is -2.26. The molecule has 0 atom stereocenters. The maximum Gasteiger partial charge on any atom is 0.119 e. The summed E-state index contributed by atoms with van der Waals surface area (Å²) in [7, 11) is 0. The van der Waals surface area contributed by atoms with E-state index in [4.69, 9.17) is 15.6 Å². The van der Waals surface area contributed by atoms with Crippen LogP contribution in [0.15, 0.2) is 30.3 Å². The number of para-hydroxylation sites is 1. The lowest BCUT2D eigenvalue weighted by molar-refractivity contribution is 0.254. The molecule has 1 aliphatic rings. The van der Waals surface area contributed by atoms with Gasteiger partial charge in [-0.25, -0.2) is 0 Å². The Bertz CT molecular complexity index is 370. The first-order valence-electron chi connectivity index (χ1n) is 5.54. The van der Waals surface area contributed by atoms with E-state index >= 15 is 0 Å². The second-order valence-corrected chi connectivity index (χ2v) is 4.28. The van der Waals surface area contributed by atoms with E-state index in [0.29, 0.717) is 30.4 Å². The fourth-order valence-electron chi connectivity index (χ4n) is 2.02. The van der Waals surface area contributed by atoms with Crippen molar-refractivity contribution in [3.05, 3.63) is 30.3 Å². The zero-order chi connectivity index (χ0) is 11.4.